The molecule has 3 atom stereocenters. The number of benzene rings is 2. The molecule has 2 aromatic carbocycles. The van der Waals surface area contributed by atoms with Gasteiger partial charge in [0.1, 0.15) is 0 Å². The summed E-state index contributed by atoms with van der Waals surface area (Å²) >= 11 is 0. The number of rotatable bonds is 6. The van der Waals surface area contributed by atoms with E-state index in [2.05, 4.69) is 29.5 Å². The number of para-hydroxylation sites is 1. The minimum atomic E-state index is 0.0468. The van der Waals surface area contributed by atoms with Crippen LogP contribution in [0.4, 0.5) is 0 Å². The van der Waals surface area contributed by atoms with Gasteiger partial charge in [0.25, 0.3) is 0 Å². The molecule has 4 rings (SSSR count). The molecule has 1 aliphatic rings. The Kier molecular flexibility index (Phi) is 4.57. The van der Waals surface area contributed by atoms with Crippen LogP contribution in [0.3, 0.4) is 0 Å². The molecule has 4 heteroatoms. The van der Waals surface area contributed by atoms with Crippen LogP contribution in [0.5, 0.6) is 0 Å². The summed E-state index contributed by atoms with van der Waals surface area (Å²) in [5.74, 6) is 1.25. The third kappa shape index (κ3) is 3.69. The molecule has 1 aliphatic carbocycles. The van der Waals surface area contributed by atoms with Crippen molar-refractivity contribution in [3.05, 3.63) is 84.2 Å². The lowest BCUT2D eigenvalue weighted by Crippen LogP contribution is -2.31. The Balaban J connectivity index is 1.44. The van der Waals surface area contributed by atoms with Gasteiger partial charge >= 0.3 is 0 Å². The Morgan fingerprint density at radius 1 is 1.15 bits per heavy atom. The van der Waals surface area contributed by atoms with E-state index in [-0.39, 0.29) is 11.9 Å². The molecule has 3 aromatic rings. The van der Waals surface area contributed by atoms with E-state index >= 15 is 0 Å². The molecule has 0 aliphatic heterocycles. The quantitative estimate of drug-likeness (QED) is 0.736. The average Bonchev–Trinajstić information content (AvgIpc) is 3.21. The van der Waals surface area contributed by atoms with Crippen molar-refractivity contribution >= 4 is 5.91 Å². The van der Waals surface area contributed by atoms with Crippen molar-refractivity contribution in [2.45, 2.75) is 25.8 Å². The number of aromatic nitrogens is 2. The third-order valence-electron chi connectivity index (χ3n) is 5.10. The third-order valence-corrected chi connectivity index (χ3v) is 5.10. The molecule has 3 unspecified atom stereocenters. The predicted molar refractivity (Wildman–Crippen MR) is 102 cm³/mol. The van der Waals surface area contributed by atoms with Gasteiger partial charge in [-0.15, -0.1) is 0 Å². The molecular weight excluding hydrogens is 322 g/mol. The number of hydrogen-bond acceptors (Lipinski definition) is 2. The largest absolute Gasteiger partial charge is 0.349 e. The van der Waals surface area contributed by atoms with Crippen LogP contribution in [0, 0.1) is 11.8 Å². The second kappa shape index (κ2) is 7.16. The zero-order valence-corrected chi connectivity index (χ0v) is 14.9. The van der Waals surface area contributed by atoms with E-state index in [9.17, 15) is 4.79 Å². The van der Waals surface area contributed by atoms with Gasteiger partial charge in [-0.3, -0.25) is 4.79 Å². The molecule has 1 saturated carbocycles. The second-order valence-corrected chi connectivity index (χ2v) is 7.14. The minimum Gasteiger partial charge on any atom is -0.349 e. The molecule has 1 aromatic heterocycles. The van der Waals surface area contributed by atoms with E-state index in [0.717, 1.165) is 11.3 Å². The maximum Gasteiger partial charge on any atom is 0.225 e. The van der Waals surface area contributed by atoms with Crippen LogP contribution >= 0.6 is 0 Å². The molecule has 1 amide bonds. The molecular formula is C22H23N3O. The van der Waals surface area contributed by atoms with Crippen molar-refractivity contribution in [2.75, 3.05) is 0 Å². The molecule has 132 valence electrons. The lowest BCUT2D eigenvalue weighted by atomic mass is 10.0. The zero-order valence-electron chi connectivity index (χ0n) is 14.9. The summed E-state index contributed by atoms with van der Waals surface area (Å²) in [7, 11) is 0. The topological polar surface area (TPSA) is 46.9 Å². The fraction of sp³-hybridized carbons (Fsp3) is 0.273. The van der Waals surface area contributed by atoms with Gasteiger partial charge in [-0.05, 0) is 41.5 Å². The predicted octanol–water partition coefficient (Wildman–Crippen LogP) is 3.93. The molecule has 0 saturated heterocycles. The number of amides is 1. The van der Waals surface area contributed by atoms with E-state index in [1.165, 1.54) is 12.0 Å². The van der Waals surface area contributed by atoms with Gasteiger partial charge < -0.3 is 5.32 Å². The summed E-state index contributed by atoms with van der Waals surface area (Å²) in [5.41, 5.74) is 3.10. The van der Waals surface area contributed by atoms with Crippen molar-refractivity contribution in [3.63, 3.8) is 0 Å². The Bertz CT molecular complexity index is 873. The molecule has 1 fully saturated rings. The Morgan fingerprint density at radius 2 is 1.81 bits per heavy atom. The summed E-state index contributed by atoms with van der Waals surface area (Å²) in [6.07, 6.45) is 5.21. The number of nitrogens with zero attached hydrogens (tertiary/aromatic N) is 2. The van der Waals surface area contributed by atoms with Gasteiger partial charge in [-0.1, -0.05) is 55.5 Å². The number of nitrogens with one attached hydrogen (secondary N) is 1. The number of carbonyl (C=O) groups excluding carboxylic acids is 1. The maximum absolute atomic E-state index is 12.6. The van der Waals surface area contributed by atoms with E-state index in [1.807, 2.05) is 54.7 Å². The second-order valence-electron chi connectivity index (χ2n) is 7.14. The molecule has 1 N–H and O–H groups in total. The first-order valence-corrected chi connectivity index (χ1v) is 9.14. The number of hydrogen-bond donors (Lipinski definition) is 1. The Labute approximate surface area is 153 Å². The van der Waals surface area contributed by atoms with Crippen LogP contribution in [0.2, 0.25) is 0 Å². The van der Waals surface area contributed by atoms with E-state index < -0.39 is 0 Å². The van der Waals surface area contributed by atoms with Crippen molar-refractivity contribution in [1.29, 1.82) is 0 Å². The van der Waals surface area contributed by atoms with Crippen LogP contribution in [0.1, 0.15) is 30.5 Å². The number of carbonyl (C=O) groups is 1. The zero-order chi connectivity index (χ0) is 17.9. The van der Waals surface area contributed by atoms with Gasteiger partial charge in [0.05, 0.1) is 24.3 Å². The first-order valence-electron chi connectivity index (χ1n) is 9.14. The summed E-state index contributed by atoms with van der Waals surface area (Å²) in [6.45, 7) is 2.25. The van der Waals surface area contributed by atoms with Gasteiger partial charge in [0, 0.05) is 6.20 Å². The van der Waals surface area contributed by atoms with Gasteiger partial charge in [0.2, 0.25) is 5.91 Å². The summed E-state index contributed by atoms with van der Waals surface area (Å²) in [6, 6.07) is 20.3. The van der Waals surface area contributed by atoms with Crippen LogP contribution in [0.25, 0.3) is 5.69 Å². The standard InChI is InChI=1S/C22H23N3O/c1-16-12-20(16)22(18-8-4-2-5-9-18)24-21(26)13-17-14-23-25(15-17)19-10-6-3-7-11-19/h2-11,14-16,20,22H,12-13H2,1H3,(H,24,26). The Hall–Kier alpha value is -2.88. The van der Waals surface area contributed by atoms with Crippen molar-refractivity contribution in [2.24, 2.45) is 11.8 Å². The van der Waals surface area contributed by atoms with Crippen LogP contribution in [-0.2, 0) is 11.2 Å². The first-order chi connectivity index (χ1) is 12.7. The fourth-order valence-corrected chi connectivity index (χ4v) is 3.50. The summed E-state index contributed by atoms with van der Waals surface area (Å²) < 4.78 is 1.81. The lowest BCUT2D eigenvalue weighted by molar-refractivity contribution is -0.121. The highest BCUT2D eigenvalue weighted by Gasteiger charge is 2.40. The van der Waals surface area contributed by atoms with Crippen LogP contribution < -0.4 is 5.32 Å². The minimum absolute atomic E-state index is 0.0468. The van der Waals surface area contributed by atoms with Crippen molar-refractivity contribution < 1.29 is 4.79 Å². The van der Waals surface area contributed by atoms with E-state index in [1.54, 1.807) is 10.9 Å². The lowest BCUT2D eigenvalue weighted by Gasteiger charge is -2.19. The van der Waals surface area contributed by atoms with Crippen molar-refractivity contribution in [1.82, 2.24) is 15.1 Å². The van der Waals surface area contributed by atoms with Gasteiger partial charge in [-0.25, -0.2) is 4.68 Å². The SMILES string of the molecule is CC1CC1C(NC(=O)Cc1cnn(-c2ccccc2)c1)c1ccccc1. The highest BCUT2D eigenvalue weighted by molar-refractivity contribution is 5.79. The Morgan fingerprint density at radius 3 is 2.46 bits per heavy atom. The summed E-state index contributed by atoms with van der Waals surface area (Å²) in [5, 5.41) is 7.62. The van der Waals surface area contributed by atoms with Gasteiger partial charge in [-0.2, -0.15) is 5.10 Å². The van der Waals surface area contributed by atoms with Crippen molar-refractivity contribution in [3.8, 4) is 5.69 Å². The van der Waals surface area contributed by atoms with Crippen LogP contribution in [-0.4, -0.2) is 15.7 Å². The smallest absolute Gasteiger partial charge is 0.225 e. The average molecular weight is 345 g/mol. The monoisotopic (exact) mass is 345 g/mol. The summed E-state index contributed by atoms with van der Waals surface area (Å²) in [4.78, 5) is 12.6. The van der Waals surface area contributed by atoms with E-state index in [4.69, 9.17) is 0 Å². The van der Waals surface area contributed by atoms with Crippen LogP contribution in [0.15, 0.2) is 73.1 Å². The molecule has 0 bridgehead atoms. The molecule has 1 heterocycles. The highest BCUT2D eigenvalue weighted by Crippen LogP contribution is 2.46. The molecule has 0 spiro atoms. The highest BCUT2D eigenvalue weighted by atomic mass is 16.1. The normalized spacial score (nSPS) is 19.7. The fourth-order valence-electron chi connectivity index (χ4n) is 3.50. The molecule has 4 nitrogen and oxygen atoms in total. The van der Waals surface area contributed by atoms with Gasteiger partial charge in [0.15, 0.2) is 0 Å². The first kappa shape index (κ1) is 16.6. The molecule has 26 heavy (non-hydrogen) atoms. The van der Waals surface area contributed by atoms with E-state index in [0.29, 0.717) is 18.3 Å². The molecule has 0 radical (unpaired) electrons. The maximum atomic E-state index is 12.6.